The van der Waals surface area contributed by atoms with Crippen LogP contribution in [0.25, 0.3) is 0 Å². The van der Waals surface area contributed by atoms with Gasteiger partial charge in [0, 0.05) is 24.0 Å². The van der Waals surface area contributed by atoms with Gasteiger partial charge in [0.15, 0.2) is 0 Å². The average Bonchev–Trinajstić information content (AvgIpc) is 2.45. The van der Waals surface area contributed by atoms with E-state index in [0.717, 1.165) is 29.9 Å². The van der Waals surface area contributed by atoms with Crippen molar-refractivity contribution in [1.29, 1.82) is 0 Å². The Kier molecular flexibility index (Phi) is 4.64. The number of rotatable bonds is 4. The number of nitrogens with zero attached hydrogens (tertiary/aromatic N) is 3. The number of hydrogen-bond acceptors (Lipinski definition) is 3. The van der Waals surface area contributed by atoms with Crippen molar-refractivity contribution in [1.82, 2.24) is 15.0 Å². The van der Waals surface area contributed by atoms with Crippen LogP contribution in [-0.2, 0) is 17.3 Å². The van der Waals surface area contributed by atoms with E-state index in [1.807, 2.05) is 24.7 Å². The quantitative estimate of drug-likeness (QED) is 0.840. The Morgan fingerprint density at radius 2 is 1.77 bits per heavy atom. The van der Waals surface area contributed by atoms with Crippen molar-refractivity contribution in [3.63, 3.8) is 0 Å². The lowest BCUT2D eigenvalue weighted by atomic mass is 9.81. The van der Waals surface area contributed by atoms with Gasteiger partial charge in [-0.3, -0.25) is 15.0 Å². The van der Waals surface area contributed by atoms with Gasteiger partial charge in [0.2, 0.25) is 0 Å². The summed E-state index contributed by atoms with van der Waals surface area (Å²) >= 11 is 0. The summed E-state index contributed by atoms with van der Waals surface area (Å²) in [7, 11) is 0. The maximum Gasteiger partial charge on any atom is 0.0669 e. The SMILES string of the molecule is Cc1nc(CCC(C)(C)c2cccnc2)cnc1C(C)(C)C. The van der Waals surface area contributed by atoms with Crippen LogP contribution >= 0.6 is 0 Å². The van der Waals surface area contributed by atoms with E-state index in [-0.39, 0.29) is 10.8 Å². The van der Waals surface area contributed by atoms with E-state index in [1.54, 1.807) is 0 Å². The van der Waals surface area contributed by atoms with Crippen LogP contribution in [0, 0.1) is 6.92 Å². The molecular weight excluding hydrogens is 270 g/mol. The molecular formula is C19H27N3. The largest absolute Gasteiger partial charge is 0.264 e. The second-order valence-electron chi connectivity index (χ2n) is 7.67. The van der Waals surface area contributed by atoms with E-state index in [0.29, 0.717) is 0 Å². The Balaban J connectivity index is 2.11. The van der Waals surface area contributed by atoms with E-state index in [4.69, 9.17) is 4.98 Å². The molecule has 3 heteroatoms. The zero-order valence-corrected chi connectivity index (χ0v) is 14.6. The number of hydrogen-bond donors (Lipinski definition) is 0. The first-order valence-corrected chi connectivity index (χ1v) is 7.94. The molecule has 0 fully saturated rings. The molecule has 0 unspecified atom stereocenters. The van der Waals surface area contributed by atoms with Crippen molar-refractivity contribution in [2.24, 2.45) is 0 Å². The molecule has 22 heavy (non-hydrogen) atoms. The highest BCUT2D eigenvalue weighted by molar-refractivity contribution is 5.22. The smallest absolute Gasteiger partial charge is 0.0669 e. The van der Waals surface area contributed by atoms with Gasteiger partial charge in [0.05, 0.1) is 17.1 Å². The normalized spacial score (nSPS) is 12.5. The highest BCUT2D eigenvalue weighted by Crippen LogP contribution is 2.28. The number of pyridine rings is 1. The molecule has 2 aromatic heterocycles. The third kappa shape index (κ3) is 3.90. The van der Waals surface area contributed by atoms with Gasteiger partial charge < -0.3 is 0 Å². The van der Waals surface area contributed by atoms with Crippen LogP contribution in [-0.4, -0.2) is 15.0 Å². The van der Waals surface area contributed by atoms with Gasteiger partial charge in [-0.05, 0) is 36.8 Å². The fraction of sp³-hybridized carbons (Fsp3) is 0.526. The van der Waals surface area contributed by atoms with Gasteiger partial charge in [-0.2, -0.15) is 0 Å². The molecule has 2 rings (SSSR count). The number of aryl methyl sites for hydroxylation is 2. The van der Waals surface area contributed by atoms with E-state index in [1.165, 1.54) is 5.56 Å². The first-order chi connectivity index (χ1) is 10.2. The first-order valence-electron chi connectivity index (χ1n) is 7.94. The predicted octanol–water partition coefficient (Wildman–Crippen LogP) is 4.39. The third-order valence-electron chi connectivity index (χ3n) is 4.16. The van der Waals surface area contributed by atoms with Crippen molar-refractivity contribution < 1.29 is 0 Å². The molecule has 118 valence electrons. The molecule has 0 radical (unpaired) electrons. The average molecular weight is 297 g/mol. The van der Waals surface area contributed by atoms with E-state index >= 15 is 0 Å². The standard InChI is InChI=1S/C19H27N3/c1-14-17(18(2,3)4)21-13-16(22-14)9-10-19(5,6)15-8-7-11-20-12-15/h7-8,11-13H,9-10H2,1-6H3. The fourth-order valence-electron chi connectivity index (χ4n) is 2.73. The van der Waals surface area contributed by atoms with Crippen molar-refractivity contribution in [3.05, 3.63) is 53.4 Å². The molecule has 0 aliphatic carbocycles. The highest BCUT2D eigenvalue weighted by atomic mass is 14.8. The monoisotopic (exact) mass is 297 g/mol. The Morgan fingerprint density at radius 3 is 2.32 bits per heavy atom. The van der Waals surface area contributed by atoms with E-state index < -0.39 is 0 Å². The summed E-state index contributed by atoms with van der Waals surface area (Å²) in [6, 6.07) is 4.14. The Hall–Kier alpha value is -1.77. The summed E-state index contributed by atoms with van der Waals surface area (Å²) in [6.07, 6.45) is 7.67. The van der Waals surface area contributed by atoms with Gasteiger partial charge >= 0.3 is 0 Å². The summed E-state index contributed by atoms with van der Waals surface area (Å²) in [5.74, 6) is 0. The van der Waals surface area contributed by atoms with Crippen LogP contribution < -0.4 is 0 Å². The zero-order chi connectivity index (χ0) is 16.4. The maximum absolute atomic E-state index is 4.76. The van der Waals surface area contributed by atoms with Gasteiger partial charge in [0.1, 0.15) is 0 Å². The molecule has 0 aliphatic rings. The lowest BCUT2D eigenvalue weighted by Crippen LogP contribution is -2.20. The summed E-state index contributed by atoms with van der Waals surface area (Å²) in [5.41, 5.74) is 4.61. The molecule has 2 heterocycles. The second-order valence-corrected chi connectivity index (χ2v) is 7.67. The molecule has 0 N–H and O–H groups in total. The highest BCUT2D eigenvalue weighted by Gasteiger charge is 2.22. The van der Waals surface area contributed by atoms with Crippen molar-refractivity contribution in [2.75, 3.05) is 0 Å². The van der Waals surface area contributed by atoms with E-state index in [2.05, 4.69) is 57.6 Å². The molecule has 0 aliphatic heterocycles. The van der Waals surface area contributed by atoms with Crippen LogP contribution in [0.4, 0.5) is 0 Å². The lowest BCUT2D eigenvalue weighted by molar-refractivity contribution is 0.473. The summed E-state index contributed by atoms with van der Waals surface area (Å²) in [6.45, 7) is 13.1. The molecule has 3 nitrogen and oxygen atoms in total. The van der Waals surface area contributed by atoms with Crippen molar-refractivity contribution in [2.45, 2.75) is 65.2 Å². The second kappa shape index (κ2) is 6.15. The van der Waals surface area contributed by atoms with Gasteiger partial charge in [0.25, 0.3) is 0 Å². The van der Waals surface area contributed by atoms with Crippen LogP contribution in [0.3, 0.4) is 0 Å². The molecule has 2 aromatic rings. The molecule has 0 bridgehead atoms. The summed E-state index contributed by atoms with van der Waals surface area (Å²) in [4.78, 5) is 13.6. The topological polar surface area (TPSA) is 38.7 Å². The minimum Gasteiger partial charge on any atom is -0.264 e. The lowest BCUT2D eigenvalue weighted by Gasteiger charge is -2.25. The molecule has 0 amide bonds. The summed E-state index contributed by atoms with van der Waals surface area (Å²) < 4.78 is 0. The Labute approximate surface area is 134 Å². The van der Waals surface area contributed by atoms with Crippen LogP contribution in [0.15, 0.2) is 30.7 Å². The van der Waals surface area contributed by atoms with Crippen LogP contribution in [0.5, 0.6) is 0 Å². The van der Waals surface area contributed by atoms with Crippen LogP contribution in [0.2, 0.25) is 0 Å². The third-order valence-corrected chi connectivity index (χ3v) is 4.16. The van der Waals surface area contributed by atoms with Gasteiger partial charge in [-0.1, -0.05) is 40.7 Å². The molecule has 0 aromatic carbocycles. The molecule has 0 saturated heterocycles. The minimum atomic E-state index is 0.0462. The Morgan fingerprint density at radius 1 is 1.05 bits per heavy atom. The molecule has 0 atom stereocenters. The summed E-state index contributed by atoms with van der Waals surface area (Å²) in [5, 5.41) is 0. The van der Waals surface area contributed by atoms with Crippen molar-refractivity contribution >= 4 is 0 Å². The predicted molar refractivity (Wildman–Crippen MR) is 91.1 cm³/mol. The van der Waals surface area contributed by atoms with E-state index in [9.17, 15) is 0 Å². The number of aromatic nitrogens is 3. The first kappa shape index (κ1) is 16.6. The zero-order valence-electron chi connectivity index (χ0n) is 14.6. The Bertz CT molecular complexity index is 625. The van der Waals surface area contributed by atoms with Gasteiger partial charge in [-0.25, -0.2) is 0 Å². The van der Waals surface area contributed by atoms with Gasteiger partial charge in [-0.15, -0.1) is 0 Å². The van der Waals surface area contributed by atoms with Crippen LogP contribution in [0.1, 0.15) is 63.7 Å². The van der Waals surface area contributed by atoms with Crippen molar-refractivity contribution in [3.8, 4) is 0 Å². The fourth-order valence-corrected chi connectivity index (χ4v) is 2.73. The molecule has 0 spiro atoms. The maximum atomic E-state index is 4.76. The minimum absolute atomic E-state index is 0.0462. The molecule has 0 saturated carbocycles.